The SMILES string of the molecule is COc1ccccc1N1CCn2c1nc1c2c(=O)n(Cc2ccccc2Cl)c(=O)n1C. The molecule has 3 heterocycles. The van der Waals surface area contributed by atoms with Crippen LogP contribution < -0.4 is 20.9 Å². The van der Waals surface area contributed by atoms with E-state index in [1.807, 2.05) is 51.9 Å². The number of nitrogens with zero attached hydrogens (tertiary/aromatic N) is 5. The normalized spacial score (nSPS) is 13.1. The largest absolute Gasteiger partial charge is 0.495 e. The highest BCUT2D eigenvalue weighted by Gasteiger charge is 2.30. The molecular formula is C22H20ClN5O3. The van der Waals surface area contributed by atoms with E-state index in [1.165, 1.54) is 9.13 Å². The minimum absolute atomic E-state index is 0.0951. The van der Waals surface area contributed by atoms with Gasteiger partial charge in [0.25, 0.3) is 5.56 Å². The molecule has 158 valence electrons. The van der Waals surface area contributed by atoms with Gasteiger partial charge in [-0.2, -0.15) is 4.98 Å². The van der Waals surface area contributed by atoms with Crippen LogP contribution in [0.1, 0.15) is 5.56 Å². The molecule has 0 bridgehead atoms. The smallest absolute Gasteiger partial charge is 0.332 e. The van der Waals surface area contributed by atoms with Crippen LogP contribution in [0.5, 0.6) is 5.75 Å². The summed E-state index contributed by atoms with van der Waals surface area (Å²) in [5.74, 6) is 1.33. The molecule has 2 aromatic heterocycles. The fourth-order valence-electron chi connectivity index (χ4n) is 4.10. The van der Waals surface area contributed by atoms with Gasteiger partial charge in [-0.15, -0.1) is 0 Å². The molecule has 0 amide bonds. The Balaban J connectivity index is 1.70. The average Bonchev–Trinajstić information content (AvgIpc) is 3.36. The minimum Gasteiger partial charge on any atom is -0.495 e. The number of para-hydroxylation sites is 2. The summed E-state index contributed by atoms with van der Waals surface area (Å²) in [6.07, 6.45) is 0. The second-order valence-corrected chi connectivity index (χ2v) is 7.79. The van der Waals surface area contributed by atoms with Crippen molar-refractivity contribution in [3.8, 4) is 5.75 Å². The van der Waals surface area contributed by atoms with Gasteiger partial charge in [-0.1, -0.05) is 41.9 Å². The van der Waals surface area contributed by atoms with Gasteiger partial charge in [0, 0.05) is 25.2 Å². The van der Waals surface area contributed by atoms with Crippen molar-refractivity contribution in [3.05, 3.63) is 80.0 Å². The summed E-state index contributed by atoms with van der Waals surface area (Å²) in [5, 5.41) is 0.511. The monoisotopic (exact) mass is 437 g/mol. The van der Waals surface area contributed by atoms with E-state index in [1.54, 1.807) is 20.2 Å². The van der Waals surface area contributed by atoms with Gasteiger partial charge in [-0.05, 0) is 23.8 Å². The van der Waals surface area contributed by atoms with Gasteiger partial charge >= 0.3 is 5.69 Å². The maximum atomic E-state index is 13.4. The van der Waals surface area contributed by atoms with Crippen molar-refractivity contribution in [3.63, 3.8) is 0 Å². The van der Waals surface area contributed by atoms with Crippen LogP contribution in [0.4, 0.5) is 11.6 Å². The topological polar surface area (TPSA) is 74.3 Å². The number of hydrogen-bond acceptors (Lipinski definition) is 5. The van der Waals surface area contributed by atoms with Gasteiger partial charge in [-0.3, -0.25) is 13.9 Å². The third-order valence-electron chi connectivity index (χ3n) is 5.66. The molecule has 2 aromatic carbocycles. The molecule has 8 nitrogen and oxygen atoms in total. The van der Waals surface area contributed by atoms with Crippen LogP contribution in [0.3, 0.4) is 0 Å². The number of imidazole rings is 1. The second kappa shape index (κ2) is 7.31. The maximum Gasteiger partial charge on any atom is 0.332 e. The van der Waals surface area contributed by atoms with E-state index >= 15 is 0 Å². The zero-order valence-electron chi connectivity index (χ0n) is 17.1. The lowest BCUT2D eigenvalue weighted by atomic mass is 10.2. The van der Waals surface area contributed by atoms with Gasteiger partial charge in [0.2, 0.25) is 5.95 Å². The number of aryl methyl sites for hydroxylation is 1. The van der Waals surface area contributed by atoms with Crippen molar-refractivity contribution in [2.75, 3.05) is 18.6 Å². The molecule has 1 aliphatic heterocycles. The first-order valence-corrected chi connectivity index (χ1v) is 10.2. The number of benzene rings is 2. The average molecular weight is 438 g/mol. The Kier molecular flexibility index (Phi) is 4.59. The van der Waals surface area contributed by atoms with Crippen molar-refractivity contribution in [1.82, 2.24) is 18.7 Å². The van der Waals surface area contributed by atoms with Crippen LogP contribution >= 0.6 is 11.6 Å². The van der Waals surface area contributed by atoms with Crippen molar-refractivity contribution in [2.24, 2.45) is 7.05 Å². The molecule has 0 spiro atoms. The predicted octanol–water partition coefficient (Wildman–Crippen LogP) is 2.76. The molecule has 31 heavy (non-hydrogen) atoms. The Morgan fingerprint density at radius 3 is 2.58 bits per heavy atom. The molecule has 0 N–H and O–H groups in total. The number of anilines is 2. The van der Waals surface area contributed by atoms with Crippen LogP contribution in [0.25, 0.3) is 11.2 Å². The summed E-state index contributed by atoms with van der Waals surface area (Å²) in [5.41, 5.74) is 1.53. The Morgan fingerprint density at radius 1 is 1.06 bits per heavy atom. The van der Waals surface area contributed by atoms with E-state index in [0.29, 0.717) is 46.5 Å². The van der Waals surface area contributed by atoms with E-state index in [9.17, 15) is 9.59 Å². The summed E-state index contributed by atoms with van der Waals surface area (Å²) in [7, 11) is 3.25. The lowest BCUT2D eigenvalue weighted by molar-refractivity contribution is 0.415. The number of fused-ring (bicyclic) bond motifs is 3. The third kappa shape index (κ3) is 2.94. The molecule has 9 heteroatoms. The number of aromatic nitrogens is 4. The molecule has 0 radical (unpaired) electrons. The van der Waals surface area contributed by atoms with Crippen LogP contribution in [0.15, 0.2) is 58.1 Å². The third-order valence-corrected chi connectivity index (χ3v) is 6.03. The minimum atomic E-state index is -0.432. The highest BCUT2D eigenvalue weighted by molar-refractivity contribution is 6.31. The van der Waals surface area contributed by atoms with Gasteiger partial charge in [-0.25, -0.2) is 4.79 Å². The maximum absolute atomic E-state index is 13.4. The molecule has 1 aliphatic rings. The fraction of sp³-hybridized carbons (Fsp3) is 0.227. The van der Waals surface area contributed by atoms with Crippen molar-refractivity contribution in [1.29, 1.82) is 0 Å². The summed E-state index contributed by atoms with van der Waals surface area (Å²) in [4.78, 5) is 33.1. The molecule has 4 aromatic rings. The number of ether oxygens (including phenoxy) is 1. The first-order chi connectivity index (χ1) is 15.0. The van der Waals surface area contributed by atoms with E-state index in [-0.39, 0.29) is 12.1 Å². The highest BCUT2D eigenvalue weighted by Crippen LogP contribution is 2.37. The van der Waals surface area contributed by atoms with Crippen LogP contribution in [-0.4, -0.2) is 32.3 Å². The first kappa shape index (κ1) is 19.4. The fourth-order valence-corrected chi connectivity index (χ4v) is 4.29. The molecule has 0 fully saturated rings. The van der Waals surface area contributed by atoms with E-state index in [4.69, 9.17) is 16.3 Å². The Morgan fingerprint density at radius 2 is 1.81 bits per heavy atom. The summed E-state index contributed by atoms with van der Waals surface area (Å²) in [6, 6.07) is 14.8. The number of halogens is 1. The summed E-state index contributed by atoms with van der Waals surface area (Å²) in [6.45, 7) is 1.31. The van der Waals surface area contributed by atoms with Gasteiger partial charge in [0.15, 0.2) is 11.2 Å². The zero-order valence-corrected chi connectivity index (χ0v) is 17.8. The molecule has 0 unspecified atom stereocenters. The zero-order chi connectivity index (χ0) is 21.7. The Bertz CT molecular complexity index is 1440. The Hall–Kier alpha value is -3.52. The second-order valence-electron chi connectivity index (χ2n) is 7.38. The summed E-state index contributed by atoms with van der Waals surface area (Å²) < 4.78 is 9.99. The molecule has 0 saturated carbocycles. The van der Waals surface area contributed by atoms with E-state index in [0.717, 1.165) is 5.69 Å². The number of hydrogen-bond donors (Lipinski definition) is 0. The van der Waals surface area contributed by atoms with Gasteiger partial charge < -0.3 is 14.2 Å². The molecule has 0 saturated heterocycles. The lowest BCUT2D eigenvalue weighted by Gasteiger charge is -2.18. The van der Waals surface area contributed by atoms with Crippen LogP contribution in [0.2, 0.25) is 5.02 Å². The van der Waals surface area contributed by atoms with E-state index < -0.39 is 5.69 Å². The lowest BCUT2D eigenvalue weighted by Crippen LogP contribution is -2.40. The Labute approximate surface area is 182 Å². The first-order valence-electron chi connectivity index (χ1n) is 9.85. The molecule has 0 atom stereocenters. The van der Waals surface area contributed by atoms with Crippen LogP contribution in [-0.2, 0) is 20.1 Å². The van der Waals surface area contributed by atoms with Crippen LogP contribution in [0, 0.1) is 0 Å². The predicted molar refractivity (Wildman–Crippen MR) is 120 cm³/mol. The quantitative estimate of drug-likeness (QED) is 0.491. The number of methoxy groups -OCH3 is 1. The van der Waals surface area contributed by atoms with Crippen molar-refractivity contribution < 1.29 is 4.74 Å². The molecule has 0 aliphatic carbocycles. The highest BCUT2D eigenvalue weighted by atomic mass is 35.5. The van der Waals surface area contributed by atoms with Gasteiger partial charge in [0.1, 0.15) is 5.75 Å². The van der Waals surface area contributed by atoms with Crippen molar-refractivity contribution in [2.45, 2.75) is 13.1 Å². The molecule has 5 rings (SSSR count). The summed E-state index contributed by atoms with van der Waals surface area (Å²) >= 11 is 6.26. The van der Waals surface area contributed by atoms with Gasteiger partial charge in [0.05, 0.1) is 19.3 Å². The molecular weight excluding hydrogens is 418 g/mol. The van der Waals surface area contributed by atoms with Crippen molar-refractivity contribution >= 4 is 34.4 Å². The number of rotatable bonds is 4. The standard InChI is InChI=1S/C22H20ClN5O3/c1-25-19-18(20(29)28(22(25)30)13-14-7-3-4-8-15(14)23)27-12-11-26(21(27)24-19)16-9-5-6-10-17(16)31-2/h3-10H,11-13H2,1-2H3. The van der Waals surface area contributed by atoms with E-state index in [2.05, 4.69) is 4.98 Å².